The standard InChI is InChI=1S/C20H24N6O3/c27-19(16-14-18-26(23-16)6-3-11-29-18)22-20-21-15-4-1-2-5-17(15)25(20)8-7-24-9-12-28-13-10-24/h1-2,4-5,14H,3,6-13H2,(H,21,22,27). The Bertz CT molecular complexity index is 997. The monoisotopic (exact) mass is 396 g/mol. The number of aromatic nitrogens is 4. The molecule has 1 aromatic carbocycles. The summed E-state index contributed by atoms with van der Waals surface area (Å²) in [6.07, 6.45) is 0.896. The smallest absolute Gasteiger partial charge is 0.278 e. The summed E-state index contributed by atoms with van der Waals surface area (Å²) in [5.41, 5.74) is 2.20. The van der Waals surface area contributed by atoms with Crippen LogP contribution < -0.4 is 10.1 Å². The van der Waals surface area contributed by atoms with E-state index in [-0.39, 0.29) is 5.91 Å². The first-order chi connectivity index (χ1) is 14.3. The summed E-state index contributed by atoms with van der Waals surface area (Å²) in [4.78, 5) is 19.9. The van der Waals surface area contributed by atoms with Crippen LogP contribution in [0.3, 0.4) is 0 Å². The van der Waals surface area contributed by atoms with Crippen LogP contribution in [0.15, 0.2) is 30.3 Å². The van der Waals surface area contributed by atoms with E-state index in [1.165, 1.54) is 0 Å². The van der Waals surface area contributed by atoms with E-state index >= 15 is 0 Å². The quantitative estimate of drug-likeness (QED) is 0.705. The Morgan fingerprint density at radius 3 is 2.83 bits per heavy atom. The Morgan fingerprint density at radius 2 is 1.97 bits per heavy atom. The third kappa shape index (κ3) is 3.70. The number of anilines is 1. The molecule has 3 aromatic rings. The molecule has 2 aromatic heterocycles. The molecule has 0 radical (unpaired) electrons. The van der Waals surface area contributed by atoms with E-state index in [4.69, 9.17) is 9.47 Å². The number of hydrogen-bond donors (Lipinski definition) is 1. The lowest BCUT2D eigenvalue weighted by Gasteiger charge is -2.26. The van der Waals surface area contributed by atoms with Crippen LogP contribution in [0.2, 0.25) is 0 Å². The number of ether oxygens (including phenoxy) is 2. The van der Waals surface area contributed by atoms with Crippen molar-refractivity contribution in [2.24, 2.45) is 0 Å². The number of hydrogen-bond acceptors (Lipinski definition) is 6. The molecule has 9 heteroatoms. The maximum atomic E-state index is 12.8. The molecule has 0 aliphatic carbocycles. The van der Waals surface area contributed by atoms with E-state index in [1.54, 1.807) is 10.7 Å². The summed E-state index contributed by atoms with van der Waals surface area (Å²) in [5, 5.41) is 7.32. The summed E-state index contributed by atoms with van der Waals surface area (Å²) in [6, 6.07) is 9.62. The number of para-hydroxylation sites is 2. The Hall–Kier alpha value is -2.91. The van der Waals surface area contributed by atoms with Gasteiger partial charge in [0, 0.05) is 45.2 Å². The normalized spacial score (nSPS) is 17.1. The van der Waals surface area contributed by atoms with Crippen LogP contribution in [0.25, 0.3) is 11.0 Å². The molecule has 0 spiro atoms. The topological polar surface area (TPSA) is 86.4 Å². The van der Waals surface area contributed by atoms with Crippen molar-refractivity contribution in [3.05, 3.63) is 36.0 Å². The van der Waals surface area contributed by atoms with Crippen molar-refractivity contribution in [2.75, 3.05) is 44.8 Å². The molecule has 5 rings (SSSR count). The zero-order valence-electron chi connectivity index (χ0n) is 16.2. The highest BCUT2D eigenvalue weighted by Crippen LogP contribution is 2.22. The van der Waals surface area contributed by atoms with Crippen LogP contribution in [0, 0.1) is 0 Å². The summed E-state index contributed by atoms with van der Waals surface area (Å²) >= 11 is 0. The third-order valence-corrected chi connectivity index (χ3v) is 5.36. The van der Waals surface area contributed by atoms with Gasteiger partial charge in [0.2, 0.25) is 11.8 Å². The molecule has 1 N–H and O–H groups in total. The zero-order chi connectivity index (χ0) is 19.6. The fourth-order valence-corrected chi connectivity index (χ4v) is 3.81. The summed E-state index contributed by atoms with van der Waals surface area (Å²) in [7, 11) is 0. The molecular formula is C20H24N6O3. The number of morpholine rings is 1. The van der Waals surface area contributed by atoms with E-state index in [9.17, 15) is 4.79 Å². The molecular weight excluding hydrogens is 372 g/mol. The van der Waals surface area contributed by atoms with Gasteiger partial charge in [-0.2, -0.15) is 5.10 Å². The van der Waals surface area contributed by atoms with Gasteiger partial charge in [-0.15, -0.1) is 0 Å². The number of aryl methyl sites for hydroxylation is 1. The number of imidazole rings is 1. The lowest BCUT2D eigenvalue weighted by Crippen LogP contribution is -2.38. The van der Waals surface area contributed by atoms with Crippen molar-refractivity contribution < 1.29 is 14.3 Å². The largest absolute Gasteiger partial charge is 0.478 e. The van der Waals surface area contributed by atoms with Gasteiger partial charge in [-0.1, -0.05) is 12.1 Å². The molecule has 29 heavy (non-hydrogen) atoms. The predicted octanol–water partition coefficient (Wildman–Crippen LogP) is 1.60. The average Bonchev–Trinajstić information content (AvgIpc) is 3.34. The van der Waals surface area contributed by atoms with E-state index in [0.717, 1.165) is 63.4 Å². The van der Waals surface area contributed by atoms with Gasteiger partial charge in [-0.05, 0) is 12.1 Å². The Morgan fingerprint density at radius 1 is 1.10 bits per heavy atom. The first kappa shape index (κ1) is 18.1. The van der Waals surface area contributed by atoms with Crippen molar-refractivity contribution in [2.45, 2.75) is 19.5 Å². The number of rotatable bonds is 5. The second-order valence-corrected chi connectivity index (χ2v) is 7.28. The molecule has 1 saturated heterocycles. The molecule has 152 valence electrons. The number of nitrogens with one attached hydrogen (secondary N) is 1. The SMILES string of the molecule is O=C(Nc1nc2ccccc2n1CCN1CCOCC1)c1cc2n(n1)CCCO2. The minimum absolute atomic E-state index is 0.279. The fraction of sp³-hybridized carbons (Fsp3) is 0.450. The minimum atomic E-state index is -0.279. The summed E-state index contributed by atoms with van der Waals surface area (Å²) in [5.74, 6) is 0.900. The predicted molar refractivity (Wildman–Crippen MR) is 107 cm³/mol. The lowest BCUT2D eigenvalue weighted by atomic mass is 10.3. The van der Waals surface area contributed by atoms with E-state index in [2.05, 4.69) is 24.9 Å². The number of carbonyl (C=O) groups is 1. The first-order valence-electron chi connectivity index (χ1n) is 10.1. The van der Waals surface area contributed by atoms with Crippen LogP contribution >= 0.6 is 0 Å². The van der Waals surface area contributed by atoms with Gasteiger partial charge in [0.05, 0.1) is 30.9 Å². The first-order valence-corrected chi connectivity index (χ1v) is 10.1. The van der Waals surface area contributed by atoms with E-state index < -0.39 is 0 Å². The number of carbonyl (C=O) groups excluding carboxylic acids is 1. The number of nitrogens with zero attached hydrogens (tertiary/aromatic N) is 5. The number of benzene rings is 1. The third-order valence-electron chi connectivity index (χ3n) is 5.36. The van der Waals surface area contributed by atoms with Gasteiger partial charge in [-0.25, -0.2) is 9.67 Å². The van der Waals surface area contributed by atoms with Crippen molar-refractivity contribution in [3.8, 4) is 5.88 Å². The second-order valence-electron chi connectivity index (χ2n) is 7.28. The molecule has 0 saturated carbocycles. The van der Waals surface area contributed by atoms with Gasteiger partial charge in [0.15, 0.2) is 5.69 Å². The van der Waals surface area contributed by atoms with Crippen LogP contribution in [-0.2, 0) is 17.8 Å². The van der Waals surface area contributed by atoms with E-state index in [0.29, 0.717) is 24.1 Å². The Balaban J connectivity index is 1.38. The Labute approximate surface area is 168 Å². The molecule has 0 atom stereocenters. The number of fused-ring (bicyclic) bond motifs is 2. The Kier molecular flexibility index (Phi) is 4.91. The molecule has 0 bridgehead atoms. The van der Waals surface area contributed by atoms with E-state index in [1.807, 2.05) is 24.3 Å². The van der Waals surface area contributed by atoms with Gasteiger partial charge in [0.25, 0.3) is 5.91 Å². The zero-order valence-corrected chi connectivity index (χ0v) is 16.2. The van der Waals surface area contributed by atoms with Gasteiger partial charge >= 0.3 is 0 Å². The molecule has 0 unspecified atom stereocenters. The highest BCUT2D eigenvalue weighted by Gasteiger charge is 2.21. The number of amides is 1. The van der Waals surface area contributed by atoms with Gasteiger partial charge in [0.1, 0.15) is 0 Å². The molecule has 9 nitrogen and oxygen atoms in total. The molecule has 2 aliphatic rings. The van der Waals surface area contributed by atoms with Crippen molar-refractivity contribution in [1.82, 2.24) is 24.2 Å². The summed E-state index contributed by atoms with van der Waals surface area (Å²) < 4.78 is 14.8. The highest BCUT2D eigenvalue weighted by atomic mass is 16.5. The van der Waals surface area contributed by atoms with Crippen molar-refractivity contribution in [1.29, 1.82) is 0 Å². The molecule has 1 amide bonds. The van der Waals surface area contributed by atoms with Crippen molar-refractivity contribution in [3.63, 3.8) is 0 Å². The van der Waals surface area contributed by atoms with Crippen LogP contribution in [0.5, 0.6) is 5.88 Å². The van der Waals surface area contributed by atoms with Crippen molar-refractivity contribution >= 4 is 22.9 Å². The molecule has 2 aliphatic heterocycles. The van der Waals surface area contributed by atoms with Crippen LogP contribution in [-0.4, -0.2) is 69.6 Å². The lowest BCUT2D eigenvalue weighted by molar-refractivity contribution is 0.0366. The van der Waals surface area contributed by atoms with Crippen LogP contribution in [0.4, 0.5) is 5.95 Å². The molecule has 4 heterocycles. The maximum absolute atomic E-state index is 12.8. The van der Waals surface area contributed by atoms with Crippen LogP contribution in [0.1, 0.15) is 16.9 Å². The van der Waals surface area contributed by atoms with Gasteiger partial charge < -0.3 is 14.0 Å². The maximum Gasteiger partial charge on any atom is 0.278 e. The second kappa shape index (κ2) is 7.84. The summed E-state index contributed by atoms with van der Waals surface area (Å²) in [6.45, 7) is 6.41. The fourth-order valence-electron chi connectivity index (χ4n) is 3.81. The molecule has 1 fully saturated rings. The van der Waals surface area contributed by atoms with Gasteiger partial charge in [-0.3, -0.25) is 15.0 Å². The highest BCUT2D eigenvalue weighted by molar-refractivity contribution is 6.03. The average molecular weight is 396 g/mol. The minimum Gasteiger partial charge on any atom is -0.478 e.